The van der Waals surface area contributed by atoms with Gasteiger partial charge in [0.25, 0.3) is 0 Å². The number of nitrogens with two attached hydrogens (primary N) is 1. The molecule has 0 unspecified atom stereocenters. The molecule has 0 radical (unpaired) electrons. The minimum atomic E-state index is 0.505. The summed E-state index contributed by atoms with van der Waals surface area (Å²) in [5, 5.41) is 2.06. The van der Waals surface area contributed by atoms with Gasteiger partial charge in [0.15, 0.2) is 5.82 Å². The van der Waals surface area contributed by atoms with Gasteiger partial charge in [0.2, 0.25) is 0 Å². The van der Waals surface area contributed by atoms with Crippen LogP contribution in [0, 0.1) is 0 Å². The molecule has 3 aromatic heterocycles. The molecular formula is C20H21ClN4S. The second-order valence-electron chi connectivity index (χ2n) is 6.45. The van der Waals surface area contributed by atoms with E-state index in [1.165, 1.54) is 5.56 Å². The lowest BCUT2D eigenvalue weighted by Gasteiger charge is -2.12. The Morgan fingerprint density at radius 2 is 1.96 bits per heavy atom. The molecule has 4 nitrogen and oxygen atoms in total. The molecule has 0 atom stereocenters. The van der Waals surface area contributed by atoms with Gasteiger partial charge >= 0.3 is 0 Å². The maximum absolute atomic E-state index is 6.24. The summed E-state index contributed by atoms with van der Waals surface area (Å²) in [7, 11) is 0. The summed E-state index contributed by atoms with van der Waals surface area (Å²) in [5.74, 6) is 2.08. The third-order valence-electron chi connectivity index (χ3n) is 4.73. The van der Waals surface area contributed by atoms with Gasteiger partial charge in [-0.1, -0.05) is 37.6 Å². The van der Waals surface area contributed by atoms with E-state index in [-0.39, 0.29) is 0 Å². The molecule has 4 aromatic rings. The molecule has 2 N–H and O–H groups in total. The molecule has 0 aliphatic rings. The SMILES string of the molecule is CCCCc1nc2c(N)nc3ccsc3c2n1Cc1ccccc1CCl. The van der Waals surface area contributed by atoms with Crippen LogP contribution in [0.3, 0.4) is 0 Å². The Hall–Kier alpha value is -2.11. The number of anilines is 1. The van der Waals surface area contributed by atoms with Crippen LogP contribution in [0.25, 0.3) is 21.3 Å². The van der Waals surface area contributed by atoms with Crippen molar-refractivity contribution in [2.24, 2.45) is 0 Å². The van der Waals surface area contributed by atoms with E-state index in [1.807, 2.05) is 12.1 Å². The zero-order chi connectivity index (χ0) is 18.1. The number of hydrogen-bond donors (Lipinski definition) is 1. The number of benzene rings is 1. The van der Waals surface area contributed by atoms with Crippen molar-refractivity contribution in [1.82, 2.24) is 14.5 Å². The van der Waals surface area contributed by atoms with E-state index in [9.17, 15) is 0 Å². The molecule has 26 heavy (non-hydrogen) atoms. The Labute approximate surface area is 161 Å². The first-order chi connectivity index (χ1) is 12.7. The predicted molar refractivity (Wildman–Crippen MR) is 111 cm³/mol. The third kappa shape index (κ3) is 2.95. The summed E-state index contributed by atoms with van der Waals surface area (Å²) < 4.78 is 3.46. The van der Waals surface area contributed by atoms with E-state index in [2.05, 4.69) is 40.1 Å². The van der Waals surface area contributed by atoms with Crippen molar-refractivity contribution < 1.29 is 0 Å². The molecule has 3 heterocycles. The number of halogens is 1. The monoisotopic (exact) mass is 384 g/mol. The van der Waals surface area contributed by atoms with Gasteiger partial charge in [-0.25, -0.2) is 9.97 Å². The van der Waals surface area contributed by atoms with Gasteiger partial charge in [-0.3, -0.25) is 0 Å². The highest BCUT2D eigenvalue weighted by Crippen LogP contribution is 2.33. The lowest BCUT2D eigenvalue weighted by Crippen LogP contribution is -2.07. The van der Waals surface area contributed by atoms with E-state index < -0.39 is 0 Å². The van der Waals surface area contributed by atoms with Crippen molar-refractivity contribution in [3.05, 3.63) is 52.7 Å². The highest BCUT2D eigenvalue weighted by atomic mass is 35.5. The van der Waals surface area contributed by atoms with Crippen LogP contribution in [0.5, 0.6) is 0 Å². The average Bonchev–Trinajstić information content (AvgIpc) is 3.25. The first-order valence-electron chi connectivity index (χ1n) is 8.87. The second kappa shape index (κ2) is 7.25. The number of aryl methyl sites for hydroxylation is 1. The Morgan fingerprint density at radius 1 is 1.15 bits per heavy atom. The van der Waals surface area contributed by atoms with Crippen LogP contribution in [-0.4, -0.2) is 14.5 Å². The molecule has 0 aliphatic carbocycles. The van der Waals surface area contributed by atoms with Crippen molar-refractivity contribution in [3.63, 3.8) is 0 Å². The fourth-order valence-electron chi connectivity index (χ4n) is 3.37. The van der Waals surface area contributed by atoms with E-state index >= 15 is 0 Å². The number of alkyl halides is 1. The minimum absolute atomic E-state index is 0.505. The lowest BCUT2D eigenvalue weighted by atomic mass is 10.1. The van der Waals surface area contributed by atoms with Crippen LogP contribution in [0.2, 0.25) is 0 Å². The zero-order valence-electron chi connectivity index (χ0n) is 14.7. The van der Waals surface area contributed by atoms with Gasteiger partial charge in [0, 0.05) is 18.8 Å². The average molecular weight is 385 g/mol. The summed E-state index contributed by atoms with van der Waals surface area (Å²) in [5.41, 5.74) is 11.5. The highest BCUT2D eigenvalue weighted by molar-refractivity contribution is 7.18. The number of aromatic nitrogens is 3. The molecule has 0 saturated carbocycles. The Bertz CT molecular complexity index is 1070. The number of nitrogen functional groups attached to an aromatic ring is 1. The normalized spacial score (nSPS) is 11.6. The molecule has 0 fully saturated rings. The summed E-state index contributed by atoms with van der Waals surface area (Å²) in [6, 6.07) is 10.3. The van der Waals surface area contributed by atoms with Crippen LogP contribution < -0.4 is 5.73 Å². The largest absolute Gasteiger partial charge is 0.382 e. The number of rotatable bonds is 6. The number of imidazole rings is 1. The van der Waals surface area contributed by atoms with E-state index in [0.29, 0.717) is 11.7 Å². The predicted octanol–water partition coefficient (Wildman–Crippen LogP) is 5.36. The summed E-state index contributed by atoms with van der Waals surface area (Å²) in [6.45, 7) is 2.94. The molecule has 4 rings (SSSR count). The molecule has 134 valence electrons. The van der Waals surface area contributed by atoms with Crippen LogP contribution in [-0.2, 0) is 18.8 Å². The Balaban J connectivity index is 1.95. The van der Waals surface area contributed by atoms with Gasteiger partial charge in [0.05, 0.1) is 15.7 Å². The smallest absolute Gasteiger partial charge is 0.152 e. The summed E-state index contributed by atoms with van der Waals surface area (Å²) in [6.07, 6.45) is 3.16. The Kier molecular flexibility index (Phi) is 4.83. The van der Waals surface area contributed by atoms with Crippen molar-refractivity contribution in [2.45, 2.75) is 38.6 Å². The number of pyridine rings is 1. The molecule has 0 saturated heterocycles. The topological polar surface area (TPSA) is 56.7 Å². The van der Waals surface area contributed by atoms with Gasteiger partial charge in [-0.05, 0) is 29.0 Å². The third-order valence-corrected chi connectivity index (χ3v) is 5.93. The molecule has 0 bridgehead atoms. The van der Waals surface area contributed by atoms with E-state index in [1.54, 1.807) is 11.3 Å². The van der Waals surface area contributed by atoms with E-state index in [0.717, 1.165) is 58.4 Å². The number of hydrogen-bond acceptors (Lipinski definition) is 4. The molecule has 1 aromatic carbocycles. The zero-order valence-corrected chi connectivity index (χ0v) is 16.3. The van der Waals surface area contributed by atoms with E-state index in [4.69, 9.17) is 22.3 Å². The van der Waals surface area contributed by atoms with Crippen molar-refractivity contribution in [2.75, 3.05) is 5.73 Å². The first-order valence-corrected chi connectivity index (χ1v) is 10.3. The first kappa shape index (κ1) is 17.3. The van der Waals surface area contributed by atoms with Gasteiger partial charge in [0.1, 0.15) is 11.3 Å². The van der Waals surface area contributed by atoms with Crippen molar-refractivity contribution in [1.29, 1.82) is 0 Å². The number of fused-ring (bicyclic) bond motifs is 3. The minimum Gasteiger partial charge on any atom is -0.382 e. The van der Waals surface area contributed by atoms with Crippen LogP contribution in [0.15, 0.2) is 35.7 Å². The standard InChI is InChI=1S/C20H21ClN4S/c1-2-3-8-16-24-17-18(19-15(9-10-26-19)23-20(17)22)25(16)12-14-7-5-4-6-13(14)11-21/h4-7,9-10H,2-3,8,11-12H2,1H3,(H2,22,23). The van der Waals surface area contributed by atoms with Crippen molar-refractivity contribution >= 4 is 50.0 Å². The quantitative estimate of drug-likeness (QED) is 0.455. The van der Waals surface area contributed by atoms with Crippen molar-refractivity contribution in [3.8, 4) is 0 Å². The molecule has 0 amide bonds. The molecule has 0 spiro atoms. The van der Waals surface area contributed by atoms with Gasteiger partial charge < -0.3 is 10.3 Å². The second-order valence-corrected chi connectivity index (χ2v) is 7.63. The fraction of sp³-hybridized carbons (Fsp3) is 0.300. The van der Waals surface area contributed by atoms with Gasteiger partial charge in [-0.2, -0.15) is 0 Å². The number of thiophene rings is 1. The number of unbranched alkanes of at least 4 members (excludes halogenated alkanes) is 1. The highest BCUT2D eigenvalue weighted by Gasteiger charge is 2.18. The summed E-state index contributed by atoms with van der Waals surface area (Å²) in [4.78, 5) is 9.41. The maximum Gasteiger partial charge on any atom is 0.152 e. The molecular weight excluding hydrogens is 364 g/mol. The lowest BCUT2D eigenvalue weighted by molar-refractivity contribution is 0.689. The molecule has 0 aliphatic heterocycles. The maximum atomic E-state index is 6.24. The fourth-order valence-corrected chi connectivity index (χ4v) is 4.51. The number of nitrogens with zero attached hydrogens (tertiary/aromatic N) is 3. The Morgan fingerprint density at radius 3 is 2.73 bits per heavy atom. The summed E-state index contributed by atoms with van der Waals surface area (Å²) >= 11 is 7.86. The molecule has 6 heteroatoms. The van der Waals surface area contributed by atoms with Crippen LogP contribution in [0.1, 0.15) is 36.7 Å². The van der Waals surface area contributed by atoms with Gasteiger partial charge in [-0.15, -0.1) is 22.9 Å². The van der Waals surface area contributed by atoms with Crippen LogP contribution in [0.4, 0.5) is 5.82 Å². The van der Waals surface area contributed by atoms with Crippen LogP contribution >= 0.6 is 22.9 Å².